The van der Waals surface area contributed by atoms with E-state index in [9.17, 15) is 8.42 Å². The Morgan fingerprint density at radius 2 is 1.89 bits per heavy atom. The van der Waals surface area contributed by atoms with Crippen LogP contribution in [0, 0.1) is 0 Å². The van der Waals surface area contributed by atoms with Crippen LogP contribution in [0.25, 0.3) is 0 Å². The molecule has 0 saturated heterocycles. The second-order valence-electron chi connectivity index (χ2n) is 4.02. The van der Waals surface area contributed by atoms with Gasteiger partial charge in [-0.25, -0.2) is 8.42 Å². The molecule has 1 aromatic rings. The first-order valence-electron chi connectivity index (χ1n) is 5.70. The molecule has 1 N–H and O–H groups in total. The third-order valence-electron chi connectivity index (χ3n) is 2.41. The molecule has 0 radical (unpaired) electrons. The largest absolute Gasteiger partial charge is 0.382 e. The van der Waals surface area contributed by atoms with Crippen LogP contribution in [-0.2, 0) is 19.6 Å². The highest BCUT2D eigenvalue weighted by molar-refractivity contribution is 7.89. The fraction of sp³-hybridized carbons (Fsp3) is 0.500. The summed E-state index contributed by atoms with van der Waals surface area (Å²) < 4.78 is 28.1. The predicted octanol–water partition coefficient (Wildman–Crippen LogP) is 1.29. The molecule has 0 fully saturated rings. The Morgan fingerprint density at radius 3 is 2.50 bits per heavy atom. The minimum atomic E-state index is -3.44. The molecule has 1 rings (SSSR count). The van der Waals surface area contributed by atoms with Gasteiger partial charge in [0.2, 0.25) is 10.0 Å². The lowest BCUT2D eigenvalue weighted by atomic mass is 10.0. The molecular weight excluding hydrogens is 254 g/mol. The van der Waals surface area contributed by atoms with Crippen molar-refractivity contribution in [2.24, 2.45) is 0 Å². The summed E-state index contributed by atoms with van der Waals surface area (Å²) in [7, 11) is -1.91. The zero-order chi connectivity index (χ0) is 13.4. The van der Waals surface area contributed by atoms with Crippen molar-refractivity contribution < 1.29 is 18.0 Å². The van der Waals surface area contributed by atoms with Crippen LogP contribution in [-0.4, -0.2) is 34.5 Å². The third kappa shape index (κ3) is 5.59. The zero-order valence-electron chi connectivity index (χ0n) is 10.6. The molecule has 102 valence electrons. The van der Waals surface area contributed by atoms with Gasteiger partial charge in [0, 0.05) is 7.11 Å². The molecule has 1 atom stereocenters. The van der Waals surface area contributed by atoms with Gasteiger partial charge in [0.15, 0.2) is 0 Å². The van der Waals surface area contributed by atoms with Crippen molar-refractivity contribution in [3.8, 4) is 0 Å². The molecule has 0 aliphatic heterocycles. The first kappa shape index (κ1) is 15.1. The fourth-order valence-corrected chi connectivity index (χ4v) is 2.68. The maximum Gasteiger partial charge on any atom is 0.234 e. The highest BCUT2D eigenvalue weighted by Crippen LogP contribution is 2.16. The Kier molecular flexibility index (Phi) is 6.28. The number of methoxy groups -OCH3 is 1. The molecule has 6 heteroatoms. The summed E-state index contributed by atoms with van der Waals surface area (Å²) in [6.07, 6.45) is 0. The molecule has 0 heterocycles. The molecule has 0 aliphatic rings. The first-order chi connectivity index (χ1) is 8.55. The Hall–Kier alpha value is -0.950. The smallest absolute Gasteiger partial charge is 0.234 e. The van der Waals surface area contributed by atoms with Crippen LogP contribution >= 0.6 is 0 Å². The lowest BCUT2D eigenvalue weighted by Crippen LogP contribution is -2.29. The molecular formula is C12H19NO4S. The van der Waals surface area contributed by atoms with Crippen LogP contribution in [0.5, 0.6) is 0 Å². The van der Waals surface area contributed by atoms with Crippen LogP contribution in [0.1, 0.15) is 18.4 Å². The minimum Gasteiger partial charge on any atom is -0.382 e. The summed E-state index contributed by atoms with van der Waals surface area (Å²) >= 11 is 0. The normalized spacial score (nSPS) is 13.4. The van der Waals surface area contributed by atoms with Crippen molar-refractivity contribution in [1.29, 1.82) is 0 Å². The molecule has 5 nitrogen and oxygen atoms in total. The van der Waals surface area contributed by atoms with E-state index in [4.69, 9.17) is 9.57 Å². The number of rotatable bonds is 8. The van der Waals surface area contributed by atoms with Crippen LogP contribution < -0.4 is 4.89 Å². The average Bonchev–Trinajstić information content (AvgIpc) is 2.35. The van der Waals surface area contributed by atoms with Gasteiger partial charge in [0.1, 0.15) is 0 Å². The number of hydrogen-bond acceptors (Lipinski definition) is 4. The number of sulfonamides is 1. The molecule has 1 unspecified atom stereocenters. The lowest BCUT2D eigenvalue weighted by Gasteiger charge is -2.13. The van der Waals surface area contributed by atoms with Gasteiger partial charge in [-0.2, -0.15) is 0 Å². The van der Waals surface area contributed by atoms with Gasteiger partial charge in [-0.3, -0.25) is 4.84 Å². The quantitative estimate of drug-likeness (QED) is 0.572. The Morgan fingerprint density at radius 1 is 1.22 bits per heavy atom. The summed E-state index contributed by atoms with van der Waals surface area (Å²) in [6.45, 7) is 2.40. The van der Waals surface area contributed by atoms with Crippen LogP contribution in [0.2, 0.25) is 0 Å². The highest BCUT2D eigenvalue weighted by atomic mass is 32.2. The van der Waals surface area contributed by atoms with E-state index in [1.807, 2.05) is 37.3 Å². The second-order valence-corrected chi connectivity index (χ2v) is 5.75. The fourth-order valence-electron chi connectivity index (χ4n) is 1.50. The molecule has 0 spiro atoms. The zero-order valence-corrected chi connectivity index (χ0v) is 11.4. The molecule has 0 bridgehead atoms. The number of benzene rings is 1. The van der Waals surface area contributed by atoms with Gasteiger partial charge in [-0.05, 0) is 11.5 Å². The monoisotopic (exact) mass is 273 g/mol. The maximum absolute atomic E-state index is 11.7. The number of ether oxygens (including phenoxy) is 1. The Bertz CT molecular complexity index is 433. The van der Waals surface area contributed by atoms with Gasteiger partial charge >= 0.3 is 0 Å². The summed E-state index contributed by atoms with van der Waals surface area (Å²) in [5, 5.41) is 0. The van der Waals surface area contributed by atoms with Gasteiger partial charge in [0.25, 0.3) is 0 Å². The SMILES string of the molecule is COCCONS(=O)(=O)CC(C)c1ccccc1. The molecule has 0 amide bonds. The van der Waals surface area contributed by atoms with Crippen LogP contribution in [0.15, 0.2) is 30.3 Å². The number of hydrogen-bond donors (Lipinski definition) is 1. The van der Waals surface area contributed by atoms with Crippen molar-refractivity contribution in [3.05, 3.63) is 35.9 Å². The highest BCUT2D eigenvalue weighted by Gasteiger charge is 2.16. The predicted molar refractivity (Wildman–Crippen MR) is 69.6 cm³/mol. The Balaban J connectivity index is 2.45. The molecule has 1 aromatic carbocycles. The van der Waals surface area contributed by atoms with Crippen molar-refractivity contribution in [3.63, 3.8) is 0 Å². The van der Waals surface area contributed by atoms with Crippen LogP contribution in [0.3, 0.4) is 0 Å². The van der Waals surface area contributed by atoms with Gasteiger partial charge in [-0.15, -0.1) is 0 Å². The third-order valence-corrected chi connectivity index (χ3v) is 3.72. The van der Waals surface area contributed by atoms with E-state index in [-0.39, 0.29) is 18.3 Å². The summed E-state index contributed by atoms with van der Waals surface area (Å²) in [6, 6.07) is 9.50. The van der Waals surface area contributed by atoms with E-state index < -0.39 is 10.0 Å². The van der Waals surface area contributed by atoms with Crippen molar-refractivity contribution >= 4 is 10.0 Å². The van der Waals surface area contributed by atoms with E-state index in [0.29, 0.717) is 6.61 Å². The van der Waals surface area contributed by atoms with Gasteiger partial charge < -0.3 is 4.74 Å². The summed E-state index contributed by atoms with van der Waals surface area (Å²) in [4.78, 5) is 6.90. The van der Waals surface area contributed by atoms with Crippen molar-refractivity contribution in [2.45, 2.75) is 12.8 Å². The van der Waals surface area contributed by atoms with E-state index in [1.165, 1.54) is 7.11 Å². The molecule has 0 aromatic heterocycles. The van der Waals surface area contributed by atoms with E-state index in [2.05, 4.69) is 4.89 Å². The standard InChI is InChI=1S/C12H19NO4S/c1-11(12-6-4-3-5-7-12)10-18(14,15)13-17-9-8-16-2/h3-7,11,13H,8-10H2,1-2H3. The van der Waals surface area contributed by atoms with Crippen LogP contribution in [0.4, 0.5) is 0 Å². The summed E-state index contributed by atoms with van der Waals surface area (Å²) in [5.41, 5.74) is 0.986. The van der Waals surface area contributed by atoms with Gasteiger partial charge in [-0.1, -0.05) is 42.1 Å². The van der Waals surface area contributed by atoms with Crippen molar-refractivity contribution in [1.82, 2.24) is 4.89 Å². The number of nitrogens with one attached hydrogen (secondary N) is 1. The first-order valence-corrected chi connectivity index (χ1v) is 7.35. The molecule has 0 aliphatic carbocycles. The topological polar surface area (TPSA) is 64.6 Å². The second kappa shape index (κ2) is 7.48. The van der Waals surface area contributed by atoms with Gasteiger partial charge in [0.05, 0.1) is 19.0 Å². The maximum atomic E-state index is 11.7. The van der Waals surface area contributed by atoms with E-state index >= 15 is 0 Å². The minimum absolute atomic E-state index is 0.00993. The molecule has 18 heavy (non-hydrogen) atoms. The summed E-state index contributed by atoms with van der Waals surface area (Å²) in [5.74, 6) is -0.0981. The molecule has 0 saturated carbocycles. The Labute approximate surface area is 108 Å². The van der Waals surface area contributed by atoms with E-state index in [0.717, 1.165) is 5.56 Å². The van der Waals surface area contributed by atoms with Crippen molar-refractivity contribution in [2.75, 3.05) is 26.1 Å². The average molecular weight is 273 g/mol. The lowest BCUT2D eigenvalue weighted by molar-refractivity contribution is 0.0438. The van der Waals surface area contributed by atoms with E-state index in [1.54, 1.807) is 0 Å².